The van der Waals surface area contributed by atoms with Crippen LogP contribution < -0.4 is 9.47 Å². The Morgan fingerprint density at radius 3 is 2.41 bits per heavy atom. The number of benzene rings is 3. The summed E-state index contributed by atoms with van der Waals surface area (Å²) in [7, 11) is 7.46. The molecule has 7 heteroatoms. The fourth-order valence-corrected chi connectivity index (χ4v) is 7.60. The molecule has 216 valence electrons. The normalized spacial score (nSPS) is 23.6. The lowest BCUT2D eigenvalue weighted by Crippen LogP contribution is -2.60. The second-order valence-corrected chi connectivity index (χ2v) is 11.8. The molecule has 6 rings (SSSR count). The number of aliphatic hydroxyl groups excluding tert-OH is 1. The van der Waals surface area contributed by atoms with Gasteiger partial charge in [0.05, 0.1) is 19.8 Å². The zero-order valence-corrected chi connectivity index (χ0v) is 24.4. The van der Waals surface area contributed by atoms with Crippen LogP contribution in [-0.4, -0.2) is 61.0 Å². The molecule has 1 aromatic heterocycles. The number of aromatic amines is 1. The van der Waals surface area contributed by atoms with Gasteiger partial charge in [0.15, 0.2) is 11.5 Å². The number of H-pyrrole nitrogens is 1. The first-order valence-electron chi connectivity index (χ1n) is 14.5. The number of hydrogen-bond acceptors (Lipinski definition) is 5. The van der Waals surface area contributed by atoms with Crippen molar-refractivity contribution in [2.75, 3.05) is 34.9 Å². The van der Waals surface area contributed by atoms with Gasteiger partial charge in [0, 0.05) is 35.1 Å². The zero-order chi connectivity index (χ0) is 28.8. The standard InChI is InChI=1S/C34H40FN3O3/c1-37(2)33(24-8-7-9-25(35)22-24)15-17-34(18-16-33)32-27(26-10-5-6-11-28(26)36-32)14-19-38(34)31(39)21-23-12-13-29(40-3)30(20-23)41-4/h5-13,20,22,31,36,39H,14-19,21H2,1-4H3. The number of methoxy groups -OCH3 is 2. The molecule has 1 aliphatic carbocycles. The number of ether oxygens (including phenoxy) is 2. The van der Waals surface area contributed by atoms with E-state index in [-0.39, 0.29) is 16.9 Å². The van der Waals surface area contributed by atoms with Gasteiger partial charge in [-0.05, 0) is 93.2 Å². The van der Waals surface area contributed by atoms with Gasteiger partial charge in [-0.15, -0.1) is 0 Å². The van der Waals surface area contributed by atoms with Gasteiger partial charge in [0.1, 0.15) is 12.0 Å². The van der Waals surface area contributed by atoms with Crippen LogP contribution in [0.1, 0.15) is 48.1 Å². The number of halogens is 1. The van der Waals surface area contributed by atoms with E-state index in [1.165, 1.54) is 22.7 Å². The minimum absolute atomic E-state index is 0.202. The minimum Gasteiger partial charge on any atom is -0.493 e. The van der Waals surface area contributed by atoms with Crippen molar-refractivity contribution >= 4 is 10.9 Å². The summed E-state index contributed by atoms with van der Waals surface area (Å²) in [6.07, 6.45) is 4.02. The Bertz CT molecular complexity index is 1540. The van der Waals surface area contributed by atoms with E-state index in [2.05, 4.69) is 59.2 Å². The van der Waals surface area contributed by atoms with Crippen LogP contribution in [0.3, 0.4) is 0 Å². The smallest absolute Gasteiger partial charge is 0.160 e. The molecule has 4 aromatic rings. The highest BCUT2D eigenvalue weighted by atomic mass is 19.1. The van der Waals surface area contributed by atoms with Crippen LogP contribution >= 0.6 is 0 Å². The second kappa shape index (κ2) is 10.8. The lowest BCUT2D eigenvalue weighted by atomic mass is 9.65. The van der Waals surface area contributed by atoms with Crippen molar-refractivity contribution in [1.82, 2.24) is 14.8 Å². The highest BCUT2D eigenvalue weighted by Crippen LogP contribution is 2.54. The summed E-state index contributed by atoms with van der Waals surface area (Å²) in [6, 6.07) is 21.4. The van der Waals surface area contributed by atoms with Gasteiger partial charge in [-0.3, -0.25) is 9.80 Å². The molecule has 2 N–H and O–H groups in total. The van der Waals surface area contributed by atoms with E-state index >= 15 is 0 Å². The predicted octanol–water partition coefficient (Wildman–Crippen LogP) is 5.97. The number of rotatable bonds is 7. The van der Waals surface area contributed by atoms with Crippen LogP contribution in [0.2, 0.25) is 0 Å². The van der Waals surface area contributed by atoms with Crippen molar-refractivity contribution in [1.29, 1.82) is 0 Å². The molecule has 2 heterocycles. The Balaban J connectivity index is 1.39. The quantitative estimate of drug-likeness (QED) is 0.293. The molecule has 6 nitrogen and oxygen atoms in total. The molecule has 1 aliphatic heterocycles. The van der Waals surface area contributed by atoms with E-state index in [0.29, 0.717) is 17.9 Å². The van der Waals surface area contributed by atoms with Gasteiger partial charge in [0.25, 0.3) is 0 Å². The number of hydrogen-bond donors (Lipinski definition) is 2. The first-order valence-corrected chi connectivity index (χ1v) is 14.5. The van der Waals surface area contributed by atoms with E-state index in [1.807, 2.05) is 24.3 Å². The van der Waals surface area contributed by atoms with Crippen molar-refractivity contribution in [3.8, 4) is 11.5 Å². The third kappa shape index (κ3) is 4.60. The molecule has 0 bridgehead atoms. The van der Waals surface area contributed by atoms with Crippen LogP contribution in [-0.2, 0) is 23.9 Å². The van der Waals surface area contributed by atoms with Crippen molar-refractivity contribution in [2.24, 2.45) is 0 Å². The summed E-state index contributed by atoms with van der Waals surface area (Å²) < 4.78 is 25.4. The van der Waals surface area contributed by atoms with Gasteiger partial charge in [0.2, 0.25) is 0 Å². The summed E-state index contributed by atoms with van der Waals surface area (Å²) in [4.78, 5) is 8.39. The molecule has 1 fully saturated rings. The Morgan fingerprint density at radius 2 is 1.71 bits per heavy atom. The average molecular weight is 558 g/mol. The van der Waals surface area contributed by atoms with Crippen LogP contribution in [0.4, 0.5) is 4.39 Å². The molecule has 1 spiro atoms. The van der Waals surface area contributed by atoms with Crippen molar-refractivity contribution < 1.29 is 19.0 Å². The minimum atomic E-state index is -0.686. The summed E-state index contributed by atoms with van der Waals surface area (Å²) >= 11 is 0. The van der Waals surface area contributed by atoms with E-state index in [9.17, 15) is 9.50 Å². The summed E-state index contributed by atoms with van der Waals surface area (Å²) in [5.41, 5.74) is 5.09. The maximum atomic E-state index is 14.4. The Hall–Kier alpha value is -3.39. The SMILES string of the molecule is COc1ccc(CC(O)N2CCc3c([nH]c4ccccc34)C23CCC(c2cccc(F)c2)(N(C)C)CC3)cc1OC. The van der Waals surface area contributed by atoms with Gasteiger partial charge in [-0.2, -0.15) is 0 Å². The third-order valence-electron chi connectivity index (χ3n) is 9.78. The van der Waals surface area contributed by atoms with Gasteiger partial charge >= 0.3 is 0 Å². The number of aromatic nitrogens is 1. The molecular weight excluding hydrogens is 517 g/mol. The molecule has 1 saturated carbocycles. The molecule has 3 aromatic carbocycles. The van der Waals surface area contributed by atoms with Crippen molar-refractivity contribution in [3.63, 3.8) is 0 Å². The number of aliphatic hydroxyl groups is 1. The highest BCUT2D eigenvalue weighted by molar-refractivity contribution is 5.85. The van der Waals surface area contributed by atoms with Crippen molar-refractivity contribution in [2.45, 2.75) is 55.8 Å². The predicted molar refractivity (Wildman–Crippen MR) is 160 cm³/mol. The maximum Gasteiger partial charge on any atom is 0.160 e. The lowest BCUT2D eigenvalue weighted by Gasteiger charge is -2.56. The molecule has 41 heavy (non-hydrogen) atoms. The number of nitrogens with one attached hydrogen (secondary N) is 1. The Morgan fingerprint density at radius 1 is 0.951 bits per heavy atom. The van der Waals surface area contributed by atoms with Crippen LogP contribution in [0.15, 0.2) is 66.7 Å². The number of fused-ring (bicyclic) bond motifs is 4. The molecule has 1 atom stereocenters. The van der Waals surface area contributed by atoms with Crippen LogP contribution in [0, 0.1) is 5.82 Å². The number of nitrogens with zero attached hydrogens (tertiary/aromatic N) is 2. The molecule has 0 saturated heterocycles. The first-order chi connectivity index (χ1) is 19.8. The maximum absolute atomic E-state index is 14.4. The first kappa shape index (κ1) is 27.8. The second-order valence-electron chi connectivity index (χ2n) is 11.8. The largest absolute Gasteiger partial charge is 0.493 e. The van der Waals surface area contributed by atoms with Crippen LogP contribution in [0.5, 0.6) is 11.5 Å². The lowest BCUT2D eigenvalue weighted by molar-refractivity contribution is -0.111. The number of para-hydroxylation sites is 1. The van der Waals surface area contributed by atoms with Gasteiger partial charge in [-0.1, -0.05) is 36.4 Å². The molecule has 1 unspecified atom stereocenters. The summed E-state index contributed by atoms with van der Waals surface area (Å²) in [5, 5.41) is 13.2. The Kier molecular flexibility index (Phi) is 7.30. The van der Waals surface area contributed by atoms with Gasteiger partial charge in [-0.25, -0.2) is 4.39 Å². The zero-order valence-electron chi connectivity index (χ0n) is 24.4. The van der Waals surface area contributed by atoms with Crippen molar-refractivity contribution in [3.05, 3.63) is 94.9 Å². The van der Waals surface area contributed by atoms with E-state index < -0.39 is 6.23 Å². The average Bonchev–Trinajstić information content (AvgIpc) is 3.37. The monoisotopic (exact) mass is 557 g/mol. The Labute approximate surface area is 241 Å². The fraction of sp³-hybridized carbons (Fsp3) is 0.412. The van der Waals surface area contributed by atoms with E-state index in [0.717, 1.165) is 55.3 Å². The molecular formula is C34H40FN3O3. The fourth-order valence-electron chi connectivity index (χ4n) is 7.60. The van der Waals surface area contributed by atoms with Crippen LogP contribution in [0.25, 0.3) is 10.9 Å². The molecule has 0 amide bonds. The van der Waals surface area contributed by atoms with E-state index in [4.69, 9.17) is 9.47 Å². The summed E-state index contributed by atoms with van der Waals surface area (Å²) in [6.45, 7) is 0.762. The molecule has 2 aliphatic rings. The third-order valence-corrected chi connectivity index (χ3v) is 9.78. The topological polar surface area (TPSA) is 61.0 Å². The summed E-state index contributed by atoms with van der Waals surface area (Å²) in [5.74, 6) is 1.13. The highest BCUT2D eigenvalue weighted by Gasteiger charge is 2.53. The molecule has 0 radical (unpaired) electrons. The van der Waals surface area contributed by atoms with Gasteiger partial charge < -0.3 is 19.6 Å². The van der Waals surface area contributed by atoms with E-state index in [1.54, 1.807) is 20.3 Å².